The van der Waals surface area contributed by atoms with Gasteiger partial charge in [-0.2, -0.15) is 0 Å². The summed E-state index contributed by atoms with van der Waals surface area (Å²) in [4.78, 5) is 23.0. The first-order valence-corrected chi connectivity index (χ1v) is 5.14. The Hall–Kier alpha value is -1.12. The predicted molar refractivity (Wildman–Crippen MR) is 59.4 cm³/mol. The van der Waals surface area contributed by atoms with E-state index in [0.29, 0.717) is 12.8 Å². The van der Waals surface area contributed by atoms with Crippen LogP contribution in [0.2, 0.25) is 0 Å². The van der Waals surface area contributed by atoms with Crippen molar-refractivity contribution in [2.75, 3.05) is 0 Å². The lowest BCUT2D eigenvalue weighted by Crippen LogP contribution is -2.31. The van der Waals surface area contributed by atoms with E-state index in [1.165, 1.54) is 0 Å². The number of Topliss-reactive ketones (excluding diaryl/α,β-unsaturated/α-hetero) is 1. The van der Waals surface area contributed by atoms with Crippen molar-refractivity contribution in [3.8, 4) is 0 Å². The maximum absolute atomic E-state index is 11.5. The molecule has 1 atom stereocenters. The molecule has 0 spiro atoms. The molecule has 0 aliphatic rings. The van der Waals surface area contributed by atoms with Crippen LogP contribution in [0, 0.1) is 5.92 Å². The van der Waals surface area contributed by atoms with Crippen molar-refractivity contribution in [1.29, 1.82) is 0 Å². The molecule has 0 bridgehead atoms. The summed E-state index contributed by atoms with van der Waals surface area (Å²) in [5.74, 6) is -1.22. The topological polar surface area (TPSA) is 43.4 Å². The minimum absolute atomic E-state index is 0.0934. The molecular weight excluding hydrogens is 192 g/mol. The van der Waals surface area contributed by atoms with E-state index in [2.05, 4.69) is 6.58 Å². The first-order valence-electron chi connectivity index (χ1n) is 5.14. The Bertz CT molecular complexity index is 248. The molecule has 0 radical (unpaired) electrons. The largest absolute Gasteiger partial charge is 0.459 e. The molecule has 0 aromatic heterocycles. The molecule has 0 amide bonds. The van der Waals surface area contributed by atoms with Crippen molar-refractivity contribution in [2.45, 2.75) is 46.1 Å². The summed E-state index contributed by atoms with van der Waals surface area (Å²) in [5, 5.41) is 0. The van der Waals surface area contributed by atoms with Crippen LogP contribution in [0.4, 0.5) is 0 Å². The molecular formula is C12H20O3. The zero-order valence-corrected chi connectivity index (χ0v) is 10.0. The number of carbonyl (C=O) groups is 2. The first-order chi connectivity index (χ1) is 6.78. The fraction of sp³-hybridized carbons (Fsp3) is 0.667. The van der Waals surface area contributed by atoms with Crippen LogP contribution in [0.15, 0.2) is 12.7 Å². The Morgan fingerprint density at radius 2 is 1.93 bits per heavy atom. The van der Waals surface area contributed by atoms with Crippen LogP contribution < -0.4 is 0 Å². The molecule has 0 aromatic carbocycles. The average molecular weight is 212 g/mol. The highest BCUT2D eigenvalue weighted by molar-refractivity contribution is 5.98. The molecule has 0 N–H and O–H groups in total. The van der Waals surface area contributed by atoms with Crippen LogP contribution >= 0.6 is 0 Å². The van der Waals surface area contributed by atoms with Gasteiger partial charge in [0.2, 0.25) is 0 Å². The van der Waals surface area contributed by atoms with Crippen LogP contribution in [0.3, 0.4) is 0 Å². The Labute approximate surface area is 91.5 Å². The zero-order chi connectivity index (χ0) is 12.1. The maximum atomic E-state index is 11.5. The summed E-state index contributed by atoms with van der Waals surface area (Å²) in [5.41, 5.74) is -0.538. The van der Waals surface area contributed by atoms with Gasteiger partial charge in [-0.05, 0) is 34.1 Å². The molecule has 0 aliphatic carbocycles. The summed E-state index contributed by atoms with van der Waals surface area (Å²) in [7, 11) is 0. The van der Waals surface area contributed by atoms with E-state index in [-0.39, 0.29) is 5.78 Å². The molecule has 1 unspecified atom stereocenters. The van der Waals surface area contributed by atoms with Crippen molar-refractivity contribution in [3.63, 3.8) is 0 Å². The number of esters is 1. The molecule has 0 aliphatic heterocycles. The second kappa shape index (κ2) is 5.69. The lowest BCUT2D eigenvalue weighted by molar-refractivity contribution is -0.161. The first kappa shape index (κ1) is 13.9. The Balaban J connectivity index is 4.19. The summed E-state index contributed by atoms with van der Waals surface area (Å²) >= 11 is 0. The third kappa shape index (κ3) is 6.05. The molecule has 15 heavy (non-hydrogen) atoms. The third-order valence-electron chi connectivity index (χ3n) is 1.84. The van der Waals surface area contributed by atoms with Crippen molar-refractivity contribution in [2.24, 2.45) is 5.92 Å². The summed E-state index contributed by atoms with van der Waals surface area (Å²) in [6.07, 6.45) is 2.62. The van der Waals surface area contributed by atoms with Gasteiger partial charge in [-0.15, -0.1) is 6.58 Å². The van der Waals surface area contributed by atoms with Gasteiger partial charge >= 0.3 is 5.97 Å². The van der Waals surface area contributed by atoms with Crippen LogP contribution in [0.1, 0.15) is 40.5 Å². The van der Waals surface area contributed by atoms with E-state index in [0.717, 1.165) is 0 Å². The number of ketones is 1. The van der Waals surface area contributed by atoms with E-state index < -0.39 is 17.5 Å². The van der Waals surface area contributed by atoms with Gasteiger partial charge in [0.15, 0.2) is 0 Å². The van der Waals surface area contributed by atoms with Crippen molar-refractivity contribution < 1.29 is 14.3 Å². The lowest BCUT2D eigenvalue weighted by atomic mass is 10.0. The van der Waals surface area contributed by atoms with Crippen molar-refractivity contribution in [1.82, 2.24) is 0 Å². The van der Waals surface area contributed by atoms with Gasteiger partial charge in [0.05, 0.1) is 0 Å². The molecule has 0 heterocycles. The number of carbonyl (C=O) groups excluding carboxylic acids is 2. The fourth-order valence-corrected chi connectivity index (χ4v) is 0.982. The Morgan fingerprint density at radius 1 is 1.40 bits per heavy atom. The minimum Gasteiger partial charge on any atom is -0.459 e. The quantitative estimate of drug-likeness (QED) is 0.399. The molecule has 86 valence electrons. The Kier molecular flexibility index (Phi) is 5.26. The number of ether oxygens (including phenoxy) is 1. The third-order valence-corrected chi connectivity index (χ3v) is 1.84. The van der Waals surface area contributed by atoms with Crippen LogP contribution in [-0.4, -0.2) is 17.4 Å². The van der Waals surface area contributed by atoms with Crippen LogP contribution in [0.25, 0.3) is 0 Å². The normalized spacial score (nSPS) is 13.1. The average Bonchev–Trinajstić information content (AvgIpc) is 2.10. The van der Waals surface area contributed by atoms with E-state index >= 15 is 0 Å². The molecule has 3 nitrogen and oxygen atoms in total. The Morgan fingerprint density at radius 3 is 2.33 bits per heavy atom. The van der Waals surface area contributed by atoms with Gasteiger partial charge in [0.25, 0.3) is 0 Å². The molecule has 0 rings (SSSR count). The summed E-state index contributed by atoms with van der Waals surface area (Å²) < 4.78 is 5.11. The lowest BCUT2D eigenvalue weighted by Gasteiger charge is -2.21. The van der Waals surface area contributed by atoms with E-state index in [9.17, 15) is 9.59 Å². The predicted octanol–water partition coefficient (Wildman–Crippen LogP) is 2.50. The fourth-order valence-electron chi connectivity index (χ4n) is 0.982. The van der Waals surface area contributed by atoms with E-state index in [4.69, 9.17) is 4.74 Å². The SMILES string of the molecule is C=CCCC(=O)C(C)C(=O)OC(C)(C)C. The number of allylic oxidation sites excluding steroid dienone is 1. The number of hydrogen-bond acceptors (Lipinski definition) is 3. The van der Waals surface area contributed by atoms with Gasteiger partial charge in [0.1, 0.15) is 17.3 Å². The van der Waals surface area contributed by atoms with Crippen molar-refractivity contribution >= 4 is 11.8 Å². The summed E-state index contributed by atoms with van der Waals surface area (Å²) in [6.45, 7) is 10.5. The smallest absolute Gasteiger partial charge is 0.316 e. The van der Waals surface area contributed by atoms with E-state index in [1.807, 2.05) is 0 Å². The molecule has 0 aromatic rings. The number of rotatable bonds is 5. The van der Waals surface area contributed by atoms with Crippen molar-refractivity contribution in [3.05, 3.63) is 12.7 Å². The second-order valence-corrected chi connectivity index (χ2v) is 4.55. The number of hydrogen-bond donors (Lipinski definition) is 0. The van der Waals surface area contributed by atoms with Gasteiger partial charge in [-0.25, -0.2) is 0 Å². The highest BCUT2D eigenvalue weighted by atomic mass is 16.6. The summed E-state index contributed by atoms with van der Waals surface area (Å²) in [6, 6.07) is 0. The second-order valence-electron chi connectivity index (χ2n) is 4.55. The van der Waals surface area contributed by atoms with Gasteiger partial charge in [-0.1, -0.05) is 6.08 Å². The standard InChI is InChI=1S/C12H20O3/c1-6-7-8-10(13)9(2)11(14)15-12(3,4)5/h6,9H,1,7-8H2,2-5H3. The molecule has 0 saturated heterocycles. The maximum Gasteiger partial charge on any atom is 0.316 e. The zero-order valence-electron chi connectivity index (χ0n) is 10.0. The van der Waals surface area contributed by atoms with Crippen LogP contribution in [0.5, 0.6) is 0 Å². The van der Waals surface area contributed by atoms with Gasteiger partial charge in [0, 0.05) is 6.42 Å². The van der Waals surface area contributed by atoms with Gasteiger partial charge < -0.3 is 4.74 Å². The monoisotopic (exact) mass is 212 g/mol. The van der Waals surface area contributed by atoms with E-state index in [1.54, 1.807) is 33.8 Å². The van der Waals surface area contributed by atoms with Crippen LogP contribution in [-0.2, 0) is 14.3 Å². The highest BCUT2D eigenvalue weighted by Gasteiger charge is 2.26. The highest BCUT2D eigenvalue weighted by Crippen LogP contribution is 2.13. The molecule has 0 saturated carbocycles. The van der Waals surface area contributed by atoms with Gasteiger partial charge in [-0.3, -0.25) is 9.59 Å². The minimum atomic E-state index is -0.677. The molecule has 0 fully saturated rings. The molecule has 3 heteroatoms.